The zero-order valence-electron chi connectivity index (χ0n) is 25.0. The predicted molar refractivity (Wildman–Crippen MR) is 153 cm³/mol. The highest BCUT2D eigenvalue weighted by atomic mass is 19.4. The number of nitrogens with one attached hydrogen (secondary N) is 2. The molecule has 238 valence electrons. The Morgan fingerprint density at radius 3 is 2.27 bits per heavy atom. The number of carbonyl (C=O) groups excluding carboxylic acids is 2. The summed E-state index contributed by atoms with van der Waals surface area (Å²) in [7, 11) is 1.53. The fourth-order valence-electron chi connectivity index (χ4n) is 4.20. The molecular formula is C30H35F3N4O7. The zero-order valence-corrected chi connectivity index (χ0v) is 25.0. The Balaban J connectivity index is 0.000000860. The van der Waals surface area contributed by atoms with Gasteiger partial charge in [-0.15, -0.1) is 0 Å². The van der Waals surface area contributed by atoms with Crippen LogP contribution in [0.2, 0.25) is 0 Å². The number of fused-ring (bicyclic) bond motifs is 1. The number of hydrogen-bond acceptors (Lipinski definition) is 8. The molecule has 0 unspecified atom stereocenters. The van der Waals surface area contributed by atoms with E-state index in [1.54, 1.807) is 23.1 Å². The molecule has 0 aromatic heterocycles. The number of alkyl halides is 3. The molecule has 2 aromatic carbocycles. The number of nitrogens with zero attached hydrogens (tertiary/aromatic N) is 2. The summed E-state index contributed by atoms with van der Waals surface area (Å²) >= 11 is 0. The van der Waals surface area contributed by atoms with Crippen LogP contribution in [0.5, 0.6) is 17.2 Å². The number of ketones is 1. The average Bonchev–Trinajstić information content (AvgIpc) is 3.23. The Hall–Kier alpha value is -4.80. The van der Waals surface area contributed by atoms with Crippen LogP contribution in [0.25, 0.3) is 0 Å². The molecule has 14 heteroatoms. The molecule has 3 rings (SSSR count). The highest BCUT2D eigenvalue weighted by Gasteiger charge is 2.38. The number of halogens is 3. The number of amides is 1. The fourth-order valence-corrected chi connectivity index (χ4v) is 4.20. The Morgan fingerprint density at radius 1 is 1.11 bits per heavy atom. The molecule has 0 fully saturated rings. The number of carboxylic acid groups (broad SMARTS) is 1. The van der Waals surface area contributed by atoms with E-state index in [1.807, 2.05) is 27.7 Å². The number of unbranched alkanes of at least 4 members (excludes halogenated alkanes) is 1. The summed E-state index contributed by atoms with van der Waals surface area (Å²) in [6, 6.07) is 8.64. The SMILES string of the molecule is CCOc1cc2c(cc1C(=O)NC)C(=N)N(CC(=O)c1cc(OCCCC#N)c(O)c(C(C)(C)C)c1)C2.O=C(O)C(F)(F)F. The number of rotatable bonds is 10. The number of hydrogen-bond donors (Lipinski definition) is 4. The monoisotopic (exact) mass is 620 g/mol. The molecule has 2 aromatic rings. The molecule has 0 aliphatic carbocycles. The lowest BCUT2D eigenvalue weighted by molar-refractivity contribution is -0.192. The predicted octanol–water partition coefficient (Wildman–Crippen LogP) is 4.79. The molecule has 0 bridgehead atoms. The van der Waals surface area contributed by atoms with Gasteiger partial charge in [-0.2, -0.15) is 18.4 Å². The van der Waals surface area contributed by atoms with E-state index in [0.717, 1.165) is 5.56 Å². The number of carboxylic acids is 1. The number of phenolic OH excluding ortho intramolecular Hbond substituents is 1. The number of nitriles is 1. The van der Waals surface area contributed by atoms with Crippen molar-refractivity contribution in [2.75, 3.05) is 26.8 Å². The summed E-state index contributed by atoms with van der Waals surface area (Å²) < 4.78 is 43.1. The maximum atomic E-state index is 13.4. The first-order valence-electron chi connectivity index (χ1n) is 13.5. The van der Waals surface area contributed by atoms with Gasteiger partial charge in [-0.05, 0) is 48.6 Å². The molecule has 0 saturated heterocycles. The van der Waals surface area contributed by atoms with E-state index in [-0.39, 0.29) is 42.2 Å². The van der Waals surface area contributed by atoms with Crippen LogP contribution in [-0.2, 0) is 16.8 Å². The van der Waals surface area contributed by atoms with E-state index in [2.05, 4.69) is 11.4 Å². The standard InChI is InChI=1S/C28H34N4O5.C2HF3O2/c1-6-36-23-13-18-15-32(26(30)19(18)14-20(23)27(35)31-5)16-22(33)17-11-21(28(2,3)4)25(34)24(12-17)37-10-8-7-9-29;3-2(4,5)1(6)7/h11-14,30,34H,6-8,10,15-16H2,1-5H3,(H,31,35);(H,6,7). The van der Waals surface area contributed by atoms with E-state index < -0.39 is 17.6 Å². The normalized spacial score (nSPS) is 12.4. The van der Waals surface area contributed by atoms with Crippen molar-refractivity contribution in [1.82, 2.24) is 10.2 Å². The summed E-state index contributed by atoms with van der Waals surface area (Å²) in [6.07, 6.45) is -4.25. The molecule has 1 aliphatic heterocycles. The van der Waals surface area contributed by atoms with Gasteiger partial charge in [0.15, 0.2) is 17.3 Å². The Bertz CT molecular complexity index is 1460. The smallest absolute Gasteiger partial charge is 0.490 e. The number of aliphatic carboxylic acids is 1. The zero-order chi connectivity index (χ0) is 33.4. The number of amidine groups is 1. The van der Waals surface area contributed by atoms with Crippen LogP contribution in [-0.4, -0.2) is 71.6 Å². The molecule has 1 amide bonds. The van der Waals surface area contributed by atoms with Gasteiger partial charge < -0.3 is 29.9 Å². The number of aromatic hydroxyl groups is 1. The highest BCUT2D eigenvalue weighted by molar-refractivity contribution is 6.07. The summed E-state index contributed by atoms with van der Waals surface area (Å²) in [5.41, 5.74) is 2.21. The number of phenols is 1. The first kappa shape index (κ1) is 35.4. The number of carbonyl (C=O) groups is 3. The van der Waals surface area contributed by atoms with Crippen molar-refractivity contribution >= 4 is 23.5 Å². The van der Waals surface area contributed by atoms with E-state index in [4.69, 9.17) is 30.0 Å². The summed E-state index contributed by atoms with van der Waals surface area (Å²) in [5.74, 6) is -2.53. The Kier molecular flexibility index (Phi) is 11.7. The van der Waals surface area contributed by atoms with Crippen LogP contribution in [0.15, 0.2) is 24.3 Å². The molecule has 0 saturated carbocycles. The third-order valence-electron chi connectivity index (χ3n) is 6.38. The van der Waals surface area contributed by atoms with Crippen LogP contribution in [0.4, 0.5) is 13.2 Å². The van der Waals surface area contributed by atoms with Crippen molar-refractivity contribution in [3.8, 4) is 23.3 Å². The van der Waals surface area contributed by atoms with Gasteiger partial charge >= 0.3 is 12.1 Å². The highest BCUT2D eigenvalue weighted by Crippen LogP contribution is 2.39. The third-order valence-corrected chi connectivity index (χ3v) is 6.38. The minimum Gasteiger partial charge on any atom is -0.504 e. The number of Topliss-reactive ketones (excluding diaryl/α,β-unsaturated/α-hetero) is 1. The molecule has 44 heavy (non-hydrogen) atoms. The van der Waals surface area contributed by atoms with Crippen molar-refractivity contribution in [2.24, 2.45) is 0 Å². The van der Waals surface area contributed by atoms with Gasteiger partial charge in [0.05, 0.1) is 31.4 Å². The van der Waals surface area contributed by atoms with E-state index in [9.17, 15) is 27.9 Å². The lowest BCUT2D eigenvalue weighted by Crippen LogP contribution is -2.30. The van der Waals surface area contributed by atoms with E-state index in [0.29, 0.717) is 54.0 Å². The van der Waals surface area contributed by atoms with Gasteiger partial charge in [0.1, 0.15) is 11.6 Å². The molecule has 1 heterocycles. The van der Waals surface area contributed by atoms with Gasteiger partial charge in [0.25, 0.3) is 5.91 Å². The second-order valence-corrected chi connectivity index (χ2v) is 10.7. The third kappa shape index (κ3) is 8.85. The van der Waals surface area contributed by atoms with Gasteiger partial charge in [-0.25, -0.2) is 4.79 Å². The van der Waals surface area contributed by atoms with Gasteiger partial charge in [-0.1, -0.05) is 20.8 Å². The number of ether oxygens (including phenoxy) is 2. The number of benzene rings is 2. The Labute approximate surface area is 252 Å². The minimum atomic E-state index is -5.08. The van der Waals surface area contributed by atoms with Crippen molar-refractivity contribution in [2.45, 2.75) is 58.7 Å². The molecule has 0 atom stereocenters. The molecule has 1 aliphatic rings. The second-order valence-electron chi connectivity index (χ2n) is 10.7. The van der Waals surface area contributed by atoms with Gasteiger partial charge in [0.2, 0.25) is 0 Å². The summed E-state index contributed by atoms with van der Waals surface area (Å²) in [6.45, 7) is 8.53. The maximum Gasteiger partial charge on any atom is 0.490 e. The second kappa shape index (κ2) is 14.6. The fraction of sp³-hybridized carbons (Fsp3) is 0.433. The van der Waals surface area contributed by atoms with E-state index in [1.165, 1.54) is 13.1 Å². The van der Waals surface area contributed by atoms with Gasteiger partial charge in [0, 0.05) is 36.7 Å². The van der Waals surface area contributed by atoms with E-state index >= 15 is 0 Å². The largest absolute Gasteiger partial charge is 0.504 e. The Morgan fingerprint density at radius 2 is 1.75 bits per heavy atom. The summed E-state index contributed by atoms with van der Waals surface area (Å²) in [5, 5.41) is 37.9. The molecule has 4 N–H and O–H groups in total. The van der Waals surface area contributed by atoms with Gasteiger partial charge in [-0.3, -0.25) is 15.0 Å². The topological polar surface area (TPSA) is 173 Å². The van der Waals surface area contributed by atoms with Crippen molar-refractivity contribution in [3.05, 3.63) is 52.1 Å². The quantitative estimate of drug-likeness (QED) is 0.215. The first-order chi connectivity index (χ1) is 20.5. The van der Waals surface area contributed by atoms with Crippen molar-refractivity contribution in [1.29, 1.82) is 10.7 Å². The van der Waals surface area contributed by atoms with Crippen molar-refractivity contribution < 1.29 is 47.2 Å². The van der Waals surface area contributed by atoms with Crippen LogP contribution in [0.1, 0.15) is 77.9 Å². The lowest BCUT2D eigenvalue weighted by atomic mass is 9.84. The van der Waals surface area contributed by atoms with Crippen LogP contribution >= 0.6 is 0 Å². The molecule has 0 spiro atoms. The lowest BCUT2D eigenvalue weighted by Gasteiger charge is -2.24. The maximum absolute atomic E-state index is 13.4. The average molecular weight is 621 g/mol. The van der Waals surface area contributed by atoms with Crippen molar-refractivity contribution in [3.63, 3.8) is 0 Å². The minimum absolute atomic E-state index is 0.0208. The molecular weight excluding hydrogens is 585 g/mol. The molecule has 11 nitrogen and oxygen atoms in total. The van der Waals surface area contributed by atoms with Crippen LogP contribution in [0, 0.1) is 16.7 Å². The summed E-state index contributed by atoms with van der Waals surface area (Å²) in [4.78, 5) is 36.3. The molecule has 0 radical (unpaired) electrons. The van der Waals surface area contributed by atoms with Crippen LogP contribution < -0.4 is 14.8 Å². The van der Waals surface area contributed by atoms with Crippen LogP contribution in [0.3, 0.4) is 0 Å². The first-order valence-corrected chi connectivity index (χ1v) is 13.5.